The number of hydrogen-bond donors (Lipinski definition) is 2. The molecule has 7 heteroatoms. The molecule has 0 spiro atoms. The maximum atomic E-state index is 12.6. The highest BCUT2D eigenvalue weighted by Gasteiger charge is 2.29. The van der Waals surface area contributed by atoms with Crippen LogP contribution in [-0.4, -0.2) is 34.3 Å². The Morgan fingerprint density at radius 2 is 1.89 bits per heavy atom. The van der Waals surface area contributed by atoms with Crippen molar-refractivity contribution in [2.45, 2.75) is 20.0 Å². The van der Waals surface area contributed by atoms with Gasteiger partial charge in [0, 0.05) is 17.8 Å². The maximum Gasteiger partial charge on any atom is 0.289 e. The van der Waals surface area contributed by atoms with Crippen molar-refractivity contribution in [3.8, 4) is 0 Å². The van der Waals surface area contributed by atoms with Gasteiger partial charge in [-0.25, -0.2) is 0 Å². The lowest BCUT2D eigenvalue weighted by atomic mass is 10.1. The van der Waals surface area contributed by atoms with Gasteiger partial charge in [-0.2, -0.15) is 0 Å². The summed E-state index contributed by atoms with van der Waals surface area (Å²) in [4.78, 5) is 37.3. The summed E-state index contributed by atoms with van der Waals surface area (Å²) >= 11 is 1.00. The van der Waals surface area contributed by atoms with Crippen molar-refractivity contribution in [1.29, 1.82) is 0 Å². The Morgan fingerprint density at radius 1 is 1.11 bits per heavy atom. The molecule has 0 radical (unpaired) electrons. The van der Waals surface area contributed by atoms with Crippen molar-refractivity contribution in [3.63, 3.8) is 0 Å². The Labute approximate surface area is 162 Å². The second kappa shape index (κ2) is 8.83. The van der Waals surface area contributed by atoms with Crippen LogP contribution in [0.5, 0.6) is 0 Å². The standard InChI is InChI=1S/C20H21N3O3S/c1-2-21-11-14-5-4-8-17(10-14)22-19(25)16-7-3-6-15(9-16)12-23-18(24)13-27-20(23)26/h3-10,21H,2,11-13H2,1H3,(H,22,25). The van der Waals surface area contributed by atoms with Crippen LogP contribution in [0.25, 0.3) is 0 Å². The molecule has 0 aliphatic carbocycles. The minimum Gasteiger partial charge on any atom is -0.322 e. The number of benzene rings is 2. The molecule has 2 N–H and O–H groups in total. The van der Waals surface area contributed by atoms with Crippen molar-refractivity contribution in [1.82, 2.24) is 10.2 Å². The first-order valence-electron chi connectivity index (χ1n) is 8.74. The van der Waals surface area contributed by atoms with E-state index in [0.29, 0.717) is 5.56 Å². The fourth-order valence-corrected chi connectivity index (χ4v) is 3.48. The molecule has 0 atom stereocenters. The quantitative estimate of drug-likeness (QED) is 0.767. The lowest BCUT2D eigenvalue weighted by Crippen LogP contribution is -2.28. The number of carbonyl (C=O) groups is 3. The van der Waals surface area contributed by atoms with Crippen molar-refractivity contribution in [3.05, 3.63) is 65.2 Å². The van der Waals surface area contributed by atoms with Gasteiger partial charge >= 0.3 is 0 Å². The zero-order valence-corrected chi connectivity index (χ0v) is 15.8. The molecule has 1 fully saturated rings. The molecule has 1 aliphatic heterocycles. The van der Waals surface area contributed by atoms with E-state index in [-0.39, 0.29) is 29.4 Å². The number of nitrogens with one attached hydrogen (secondary N) is 2. The summed E-state index contributed by atoms with van der Waals surface area (Å²) < 4.78 is 0. The molecule has 3 amide bonds. The first kappa shape index (κ1) is 19.1. The smallest absolute Gasteiger partial charge is 0.289 e. The van der Waals surface area contributed by atoms with Crippen molar-refractivity contribution in [2.75, 3.05) is 17.6 Å². The average Bonchev–Trinajstić information content (AvgIpc) is 2.99. The Balaban J connectivity index is 1.68. The monoisotopic (exact) mass is 383 g/mol. The van der Waals surface area contributed by atoms with E-state index in [1.54, 1.807) is 24.3 Å². The van der Waals surface area contributed by atoms with Gasteiger partial charge in [0.2, 0.25) is 5.91 Å². The highest BCUT2D eigenvalue weighted by atomic mass is 32.2. The number of nitrogens with zero attached hydrogens (tertiary/aromatic N) is 1. The van der Waals surface area contributed by atoms with Crippen LogP contribution < -0.4 is 10.6 Å². The van der Waals surface area contributed by atoms with E-state index in [2.05, 4.69) is 10.6 Å². The molecule has 27 heavy (non-hydrogen) atoms. The number of rotatable bonds is 7. The molecule has 140 valence electrons. The van der Waals surface area contributed by atoms with E-state index in [1.165, 1.54) is 4.90 Å². The first-order valence-corrected chi connectivity index (χ1v) is 9.72. The van der Waals surface area contributed by atoms with Crippen LogP contribution in [-0.2, 0) is 17.9 Å². The van der Waals surface area contributed by atoms with Gasteiger partial charge in [0.25, 0.3) is 11.1 Å². The van der Waals surface area contributed by atoms with Crippen LogP contribution in [0.2, 0.25) is 0 Å². The number of carbonyl (C=O) groups excluding carboxylic acids is 3. The van der Waals surface area contributed by atoms with E-state index >= 15 is 0 Å². The van der Waals surface area contributed by atoms with Gasteiger partial charge < -0.3 is 10.6 Å². The summed E-state index contributed by atoms with van der Waals surface area (Å²) in [6, 6.07) is 14.7. The van der Waals surface area contributed by atoms with Gasteiger partial charge in [-0.3, -0.25) is 19.3 Å². The highest BCUT2D eigenvalue weighted by Crippen LogP contribution is 2.22. The summed E-state index contributed by atoms with van der Waals surface area (Å²) in [7, 11) is 0. The Morgan fingerprint density at radius 3 is 2.63 bits per heavy atom. The molecule has 0 saturated carbocycles. The van der Waals surface area contributed by atoms with E-state index in [1.807, 2.05) is 31.2 Å². The van der Waals surface area contributed by atoms with Gasteiger partial charge in [-0.05, 0) is 41.9 Å². The third-order valence-electron chi connectivity index (χ3n) is 4.13. The van der Waals surface area contributed by atoms with Gasteiger partial charge in [-0.15, -0.1) is 0 Å². The minimum absolute atomic E-state index is 0.183. The third kappa shape index (κ3) is 4.96. The molecule has 6 nitrogen and oxygen atoms in total. The molecular formula is C20H21N3O3S. The zero-order valence-electron chi connectivity index (χ0n) is 15.0. The number of thioether (sulfide) groups is 1. The minimum atomic E-state index is -0.243. The van der Waals surface area contributed by atoms with E-state index in [4.69, 9.17) is 0 Å². The van der Waals surface area contributed by atoms with Crippen LogP contribution in [0.4, 0.5) is 10.5 Å². The van der Waals surface area contributed by atoms with E-state index in [9.17, 15) is 14.4 Å². The maximum absolute atomic E-state index is 12.6. The highest BCUT2D eigenvalue weighted by molar-refractivity contribution is 8.14. The lowest BCUT2D eigenvalue weighted by molar-refractivity contribution is -0.125. The molecule has 0 unspecified atom stereocenters. The van der Waals surface area contributed by atoms with E-state index in [0.717, 1.165) is 41.7 Å². The van der Waals surface area contributed by atoms with Crippen LogP contribution in [0.1, 0.15) is 28.4 Å². The van der Waals surface area contributed by atoms with E-state index < -0.39 is 0 Å². The molecule has 1 saturated heterocycles. The summed E-state index contributed by atoms with van der Waals surface area (Å²) in [5, 5.41) is 5.90. The van der Waals surface area contributed by atoms with Crippen LogP contribution >= 0.6 is 11.8 Å². The number of hydrogen-bond acceptors (Lipinski definition) is 5. The largest absolute Gasteiger partial charge is 0.322 e. The number of anilines is 1. The van der Waals surface area contributed by atoms with Gasteiger partial charge in [0.1, 0.15) is 0 Å². The summed E-state index contributed by atoms with van der Waals surface area (Å²) in [5.41, 5.74) is 3.04. The van der Waals surface area contributed by atoms with Gasteiger partial charge in [-0.1, -0.05) is 43.0 Å². The van der Waals surface area contributed by atoms with Crippen LogP contribution in [0, 0.1) is 0 Å². The lowest BCUT2D eigenvalue weighted by Gasteiger charge is -2.13. The molecule has 0 aromatic heterocycles. The van der Waals surface area contributed by atoms with Crippen LogP contribution in [0.15, 0.2) is 48.5 Å². The molecule has 2 aromatic rings. The number of amides is 3. The fraction of sp³-hybridized carbons (Fsp3) is 0.250. The van der Waals surface area contributed by atoms with Gasteiger partial charge in [0.15, 0.2) is 0 Å². The van der Waals surface area contributed by atoms with Crippen LogP contribution in [0.3, 0.4) is 0 Å². The summed E-state index contributed by atoms with van der Waals surface area (Å²) in [5.74, 6) is -0.245. The van der Waals surface area contributed by atoms with Crippen molar-refractivity contribution < 1.29 is 14.4 Å². The van der Waals surface area contributed by atoms with Crippen molar-refractivity contribution >= 4 is 34.5 Å². The second-order valence-electron chi connectivity index (χ2n) is 6.17. The average molecular weight is 383 g/mol. The SMILES string of the molecule is CCNCc1cccc(NC(=O)c2cccc(CN3C(=O)CSC3=O)c2)c1. The first-order chi connectivity index (χ1) is 13.1. The van der Waals surface area contributed by atoms with Gasteiger partial charge in [0.05, 0.1) is 12.3 Å². The topological polar surface area (TPSA) is 78.5 Å². The molecular weight excluding hydrogens is 362 g/mol. The summed E-state index contributed by atoms with van der Waals surface area (Å²) in [6.45, 7) is 3.85. The zero-order chi connectivity index (χ0) is 19.2. The number of imide groups is 1. The molecule has 3 rings (SSSR count). The normalized spacial score (nSPS) is 13.9. The molecule has 2 aromatic carbocycles. The Hall–Kier alpha value is -2.64. The Bertz CT molecular complexity index is 853. The predicted molar refractivity (Wildman–Crippen MR) is 107 cm³/mol. The fourth-order valence-electron chi connectivity index (χ4n) is 2.76. The molecule has 1 heterocycles. The predicted octanol–water partition coefficient (Wildman–Crippen LogP) is 3.24. The summed E-state index contributed by atoms with van der Waals surface area (Å²) in [6.07, 6.45) is 0. The van der Waals surface area contributed by atoms with Crippen molar-refractivity contribution in [2.24, 2.45) is 0 Å². The molecule has 0 bridgehead atoms. The second-order valence-corrected chi connectivity index (χ2v) is 7.10. The third-order valence-corrected chi connectivity index (χ3v) is 4.99. The Kier molecular flexibility index (Phi) is 6.26. The molecule has 1 aliphatic rings.